The number of anilines is 1. The van der Waals surface area contributed by atoms with Crippen LogP contribution in [-0.2, 0) is 4.79 Å². The van der Waals surface area contributed by atoms with Crippen LogP contribution in [0.4, 0.5) is 5.69 Å². The van der Waals surface area contributed by atoms with Crippen molar-refractivity contribution < 1.29 is 4.79 Å². The molecule has 1 amide bonds. The number of hydrogen-bond donors (Lipinski definition) is 0. The molecule has 0 saturated heterocycles. The lowest BCUT2D eigenvalue weighted by Gasteiger charge is -2.22. The normalized spacial score (nSPS) is 11.8. The second kappa shape index (κ2) is 10.1. The molecule has 0 N–H and O–H groups in total. The third-order valence-electron chi connectivity index (χ3n) is 4.95. The second-order valence-electron chi connectivity index (χ2n) is 6.92. The topological polar surface area (TPSA) is 79.0 Å². The molecule has 30 heavy (non-hydrogen) atoms. The van der Waals surface area contributed by atoms with E-state index in [1.165, 1.54) is 11.8 Å². The summed E-state index contributed by atoms with van der Waals surface area (Å²) in [7, 11) is 0. The molecule has 2 aromatic carbocycles. The Balaban J connectivity index is 1.90. The monoisotopic (exact) mass is 420 g/mol. The highest BCUT2D eigenvalue weighted by Crippen LogP contribution is 2.24. The summed E-state index contributed by atoms with van der Waals surface area (Å²) >= 11 is 1.26. The van der Waals surface area contributed by atoms with Crippen LogP contribution in [0, 0.1) is 11.3 Å². The molecule has 1 atom stereocenters. The lowest BCUT2D eigenvalue weighted by Crippen LogP contribution is -2.33. The molecule has 154 valence electrons. The van der Waals surface area contributed by atoms with Crippen molar-refractivity contribution >= 4 is 34.3 Å². The van der Waals surface area contributed by atoms with Crippen LogP contribution >= 0.6 is 11.8 Å². The number of thioether (sulfide) groups is 1. The maximum Gasteiger partial charge on any atom is 0.262 e. The summed E-state index contributed by atoms with van der Waals surface area (Å²) < 4.78 is 1.68. The van der Waals surface area contributed by atoms with Crippen molar-refractivity contribution in [2.45, 2.75) is 37.9 Å². The lowest BCUT2D eigenvalue weighted by atomic mass is 10.2. The molecule has 0 unspecified atom stereocenters. The van der Waals surface area contributed by atoms with Gasteiger partial charge in [0.25, 0.3) is 5.56 Å². The van der Waals surface area contributed by atoms with Gasteiger partial charge in [-0.1, -0.05) is 49.0 Å². The Morgan fingerprint density at radius 3 is 2.60 bits per heavy atom. The third kappa shape index (κ3) is 4.71. The number of aromatic nitrogens is 2. The van der Waals surface area contributed by atoms with Crippen molar-refractivity contribution in [1.29, 1.82) is 5.26 Å². The molecule has 0 fully saturated rings. The maximum atomic E-state index is 13.1. The summed E-state index contributed by atoms with van der Waals surface area (Å²) in [5, 5.41) is 10.1. The van der Waals surface area contributed by atoms with Gasteiger partial charge in [-0.25, -0.2) is 4.98 Å². The first-order chi connectivity index (χ1) is 14.6. The van der Waals surface area contributed by atoms with Crippen molar-refractivity contribution in [3.05, 3.63) is 65.0 Å². The van der Waals surface area contributed by atoms with Gasteiger partial charge < -0.3 is 4.90 Å². The molecule has 3 aromatic rings. The summed E-state index contributed by atoms with van der Waals surface area (Å²) in [4.78, 5) is 32.4. The zero-order chi connectivity index (χ0) is 21.5. The van der Waals surface area contributed by atoms with Crippen LogP contribution < -0.4 is 10.5 Å². The number of carbonyl (C=O) groups is 1. The van der Waals surface area contributed by atoms with E-state index in [4.69, 9.17) is 5.26 Å². The third-order valence-corrected chi connectivity index (χ3v) is 5.89. The number of benzene rings is 2. The van der Waals surface area contributed by atoms with Crippen LogP contribution in [-0.4, -0.2) is 27.8 Å². The fourth-order valence-corrected chi connectivity index (χ4v) is 4.14. The Labute approximate surface area is 180 Å². The van der Waals surface area contributed by atoms with Crippen molar-refractivity contribution in [1.82, 2.24) is 9.55 Å². The van der Waals surface area contributed by atoms with Gasteiger partial charge in [0, 0.05) is 18.3 Å². The predicted molar refractivity (Wildman–Crippen MR) is 121 cm³/mol. The molecule has 0 aliphatic heterocycles. The van der Waals surface area contributed by atoms with Crippen LogP contribution in [0.3, 0.4) is 0 Å². The highest BCUT2D eigenvalue weighted by molar-refractivity contribution is 7.99. The van der Waals surface area contributed by atoms with E-state index < -0.39 is 0 Å². The van der Waals surface area contributed by atoms with Crippen LogP contribution in [0.15, 0.2) is 64.5 Å². The number of nitrogens with zero attached hydrogens (tertiary/aromatic N) is 4. The van der Waals surface area contributed by atoms with Crippen molar-refractivity contribution in [2.24, 2.45) is 0 Å². The minimum atomic E-state index is -0.125. The highest BCUT2D eigenvalue weighted by Gasteiger charge is 2.20. The molecular formula is C23H24N4O2S. The highest BCUT2D eigenvalue weighted by atomic mass is 32.2. The summed E-state index contributed by atoms with van der Waals surface area (Å²) in [6.07, 6.45) is 1.02. The lowest BCUT2D eigenvalue weighted by molar-refractivity contribution is -0.116. The quantitative estimate of drug-likeness (QED) is 0.398. The van der Waals surface area contributed by atoms with Crippen LogP contribution in [0.25, 0.3) is 10.9 Å². The fraction of sp³-hybridized carbons (Fsp3) is 0.304. The average molecular weight is 421 g/mol. The molecular weight excluding hydrogens is 396 g/mol. The van der Waals surface area contributed by atoms with E-state index in [-0.39, 0.29) is 29.7 Å². The Bertz CT molecular complexity index is 1120. The van der Waals surface area contributed by atoms with Gasteiger partial charge >= 0.3 is 0 Å². The number of amides is 1. The molecule has 1 aromatic heterocycles. The van der Waals surface area contributed by atoms with Gasteiger partial charge in [0.2, 0.25) is 5.91 Å². The van der Waals surface area contributed by atoms with Crippen LogP contribution in [0.1, 0.15) is 32.7 Å². The molecule has 7 heteroatoms. The van der Waals surface area contributed by atoms with E-state index in [1.54, 1.807) is 15.5 Å². The van der Waals surface area contributed by atoms with Gasteiger partial charge in [-0.05, 0) is 37.6 Å². The SMILES string of the molecule is CC[C@H](C)n1c(SCC(=O)N(CCC#N)c2ccccc2)nc2ccccc2c1=O. The molecule has 0 bridgehead atoms. The maximum absolute atomic E-state index is 13.1. The molecule has 0 aliphatic carbocycles. The number of carbonyl (C=O) groups excluding carboxylic acids is 1. The molecule has 0 aliphatic rings. The summed E-state index contributed by atoms with van der Waals surface area (Å²) in [6, 6.07) is 18.6. The number of para-hydroxylation sites is 2. The van der Waals surface area contributed by atoms with E-state index in [0.29, 0.717) is 22.6 Å². The summed E-state index contributed by atoms with van der Waals surface area (Å²) in [5.74, 6) is 0.00112. The number of fused-ring (bicyclic) bond motifs is 1. The van der Waals surface area contributed by atoms with Gasteiger partial charge in [-0.15, -0.1) is 0 Å². The van der Waals surface area contributed by atoms with Crippen molar-refractivity contribution in [3.63, 3.8) is 0 Å². The first-order valence-corrected chi connectivity index (χ1v) is 10.9. The minimum absolute atomic E-state index is 0.0315. The van der Waals surface area contributed by atoms with E-state index in [0.717, 1.165) is 12.1 Å². The zero-order valence-electron chi connectivity index (χ0n) is 17.1. The average Bonchev–Trinajstić information content (AvgIpc) is 2.78. The first kappa shape index (κ1) is 21.6. The standard InChI is InChI=1S/C23H24N4O2S/c1-3-17(2)27-22(29)19-12-7-8-13-20(19)25-23(27)30-16-21(28)26(15-9-14-24)18-10-5-4-6-11-18/h4-8,10-13,17H,3,9,15-16H2,1-2H3/t17-/m0/s1. The second-order valence-corrected chi connectivity index (χ2v) is 7.86. The Hall–Kier alpha value is -3.11. The molecule has 0 saturated carbocycles. The summed E-state index contributed by atoms with van der Waals surface area (Å²) in [6.45, 7) is 4.32. The Morgan fingerprint density at radius 2 is 1.90 bits per heavy atom. The van der Waals surface area contributed by atoms with E-state index in [1.807, 2.05) is 62.4 Å². The predicted octanol–water partition coefficient (Wildman–Crippen LogP) is 4.41. The van der Waals surface area contributed by atoms with Crippen LogP contribution in [0.5, 0.6) is 0 Å². The van der Waals surface area contributed by atoms with E-state index in [9.17, 15) is 9.59 Å². The number of hydrogen-bond acceptors (Lipinski definition) is 5. The van der Waals surface area contributed by atoms with Gasteiger partial charge in [0.05, 0.1) is 29.1 Å². The largest absolute Gasteiger partial charge is 0.311 e. The Kier molecular flexibility index (Phi) is 7.26. The molecule has 0 spiro atoms. The zero-order valence-corrected chi connectivity index (χ0v) is 17.9. The Morgan fingerprint density at radius 1 is 1.20 bits per heavy atom. The molecule has 6 nitrogen and oxygen atoms in total. The molecule has 1 heterocycles. The number of rotatable bonds is 8. The van der Waals surface area contributed by atoms with Gasteiger partial charge in [-0.2, -0.15) is 5.26 Å². The van der Waals surface area contributed by atoms with Gasteiger partial charge in [0.1, 0.15) is 0 Å². The molecule has 3 rings (SSSR count). The minimum Gasteiger partial charge on any atom is -0.311 e. The number of nitriles is 1. The van der Waals surface area contributed by atoms with Gasteiger partial charge in [-0.3, -0.25) is 14.2 Å². The van der Waals surface area contributed by atoms with Crippen molar-refractivity contribution in [2.75, 3.05) is 17.2 Å². The van der Waals surface area contributed by atoms with E-state index >= 15 is 0 Å². The van der Waals surface area contributed by atoms with Crippen molar-refractivity contribution in [3.8, 4) is 6.07 Å². The summed E-state index contributed by atoms with van der Waals surface area (Å²) in [5.41, 5.74) is 1.29. The molecule has 0 radical (unpaired) electrons. The van der Waals surface area contributed by atoms with Gasteiger partial charge in [0.15, 0.2) is 5.16 Å². The first-order valence-electron chi connectivity index (χ1n) is 9.93. The smallest absolute Gasteiger partial charge is 0.262 e. The van der Waals surface area contributed by atoms with Crippen LogP contribution in [0.2, 0.25) is 0 Å². The van der Waals surface area contributed by atoms with E-state index in [2.05, 4.69) is 11.1 Å². The fourth-order valence-electron chi connectivity index (χ4n) is 3.17.